The van der Waals surface area contributed by atoms with Crippen molar-refractivity contribution in [1.29, 1.82) is 0 Å². The standard InChI is InChI=1S/C16H21ClN4O/c1-11(2)16-19-15(22-20-16)10-21-8-7-18-9-14(21)12-5-3-4-6-13(12)17/h3-6,11,14,18H,7-10H2,1-2H3. The van der Waals surface area contributed by atoms with Crippen LogP contribution in [0.2, 0.25) is 5.02 Å². The summed E-state index contributed by atoms with van der Waals surface area (Å²) in [7, 11) is 0. The zero-order valence-electron chi connectivity index (χ0n) is 12.9. The quantitative estimate of drug-likeness (QED) is 0.938. The van der Waals surface area contributed by atoms with Gasteiger partial charge in [0.15, 0.2) is 5.82 Å². The molecule has 6 heteroatoms. The molecule has 0 saturated carbocycles. The van der Waals surface area contributed by atoms with E-state index in [2.05, 4.69) is 40.3 Å². The zero-order chi connectivity index (χ0) is 15.5. The first-order chi connectivity index (χ1) is 10.6. The minimum Gasteiger partial charge on any atom is -0.338 e. The molecule has 5 nitrogen and oxygen atoms in total. The van der Waals surface area contributed by atoms with Crippen LogP contribution < -0.4 is 5.32 Å². The van der Waals surface area contributed by atoms with Gasteiger partial charge in [0.2, 0.25) is 5.89 Å². The lowest BCUT2D eigenvalue weighted by Gasteiger charge is -2.35. The van der Waals surface area contributed by atoms with Crippen LogP contribution in [0.1, 0.15) is 43.1 Å². The fraction of sp³-hybridized carbons (Fsp3) is 0.500. The maximum Gasteiger partial charge on any atom is 0.240 e. The largest absolute Gasteiger partial charge is 0.338 e. The smallest absolute Gasteiger partial charge is 0.240 e. The van der Waals surface area contributed by atoms with Gasteiger partial charge in [0, 0.05) is 36.6 Å². The number of hydrogen-bond acceptors (Lipinski definition) is 5. The van der Waals surface area contributed by atoms with Gasteiger partial charge in [0.05, 0.1) is 6.54 Å². The van der Waals surface area contributed by atoms with Crippen molar-refractivity contribution in [3.05, 3.63) is 46.6 Å². The Morgan fingerprint density at radius 2 is 2.23 bits per heavy atom. The van der Waals surface area contributed by atoms with Crippen molar-refractivity contribution in [2.75, 3.05) is 19.6 Å². The third-order valence-electron chi connectivity index (χ3n) is 3.96. The van der Waals surface area contributed by atoms with Crippen LogP contribution in [0, 0.1) is 0 Å². The fourth-order valence-corrected chi connectivity index (χ4v) is 2.99. The second-order valence-corrected chi connectivity index (χ2v) is 6.32. The van der Waals surface area contributed by atoms with E-state index in [1.54, 1.807) is 0 Å². The maximum atomic E-state index is 6.37. The molecule has 0 radical (unpaired) electrons. The lowest BCUT2D eigenvalue weighted by Crippen LogP contribution is -2.45. The van der Waals surface area contributed by atoms with Gasteiger partial charge in [-0.15, -0.1) is 0 Å². The molecule has 2 heterocycles. The normalized spacial score (nSPS) is 19.7. The molecule has 1 aliphatic heterocycles. The Labute approximate surface area is 135 Å². The minimum absolute atomic E-state index is 0.219. The molecule has 1 N–H and O–H groups in total. The van der Waals surface area contributed by atoms with Crippen LogP contribution in [0.15, 0.2) is 28.8 Å². The highest BCUT2D eigenvalue weighted by atomic mass is 35.5. The molecule has 0 bridgehead atoms. The molecular weight excluding hydrogens is 300 g/mol. The first-order valence-electron chi connectivity index (χ1n) is 7.67. The number of hydrogen-bond donors (Lipinski definition) is 1. The number of nitrogens with zero attached hydrogens (tertiary/aromatic N) is 3. The lowest BCUT2D eigenvalue weighted by molar-refractivity contribution is 0.135. The second kappa shape index (κ2) is 6.77. The van der Waals surface area contributed by atoms with E-state index in [0.29, 0.717) is 12.4 Å². The van der Waals surface area contributed by atoms with Crippen LogP contribution in [0.3, 0.4) is 0 Å². The monoisotopic (exact) mass is 320 g/mol. The van der Waals surface area contributed by atoms with Crippen molar-refractivity contribution < 1.29 is 4.52 Å². The summed E-state index contributed by atoms with van der Waals surface area (Å²) in [5.74, 6) is 1.71. The van der Waals surface area contributed by atoms with Gasteiger partial charge < -0.3 is 9.84 Å². The molecule has 1 aromatic heterocycles. The highest BCUT2D eigenvalue weighted by molar-refractivity contribution is 6.31. The van der Waals surface area contributed by atoms with E-state index in [-0.39, 0.29) is 12.0 Å². The van der Waals surface area contributed by atoms with Crippen LogP contribution in [-0.2, 0) is 6.54 Å². The second-order valence-electron chi connectivity index (χ2n) is 5.91. The molecule has 1 aliphatic rings. The van der Waals surface area contributed by atoms with Crippen LogP contribution >= 0.6 is 11.6 Å². The van der Waals surface area contributed by atoms with E-state index in [1.807, 2.05) is 18.2 Å². The van der Waals surface area contributed by atoms with Gasteiger partial charge in [-0.05, 0) is 11.6 Å². The van der Waals surface area contributed by atoms with Crippen LogP contribution in [0.5, 0.6) is 0 Å². The van der Waals surface area contributed by atoms with Crippen molar-refractivity contribution in [3.8, 4) is 0 Å². The van der Waals surface area contributed by atoms with Crippen molar-refractivity contribution >= 4 is 11.6 Å². The number of benzene rings is 1. The Hall–Kier alpha value is -1.43. The Balaban J connectivity index is 1.79. The molecule has 22 heavy (non-hydrogen) atoms. The number of piperazine rings is 1. The summed E-state index contributed by atoms with van der Waals surface area (Å²) in [5.41, 5.74) is 1.14. The topological polar surface area (TPSA) is 54.2 Å². The summed E-state index contributed by atoms with van der Waals surface area (Å²) in [5, 5.41) is 8.28. The summed E-state index contributed by atoms with van der Waals surface area (Å²) < 4.78 is 5.39. The zero-order valence-corrected chi connectivity index (χ0v) is 13.7. The predicted octanol–water partition coefficient (Wildman–Crippen LogP) is 2.99. The Morgan fingerprint density at radius 1 is 1.41 bits per heavy atom. The Bertz CT molecular complexity index is 628. The van der Waals surface area contributed by atoms with E-state index in [0.717, 1.165) is 36.0 Å². The highest BCUT2D eigenvalue weighted by Crippen LogP contribution is 2.29. The highest BCUT2D eigenvalue weighted by Gasteiger charge is 2.27. The Kier molecular flexibility index (Phi) is 4.76. The van der Waals surface area contributed by atoms with Gasteiger partial charge in [-0.3, -0.25) is 4.90 Å². The van der Waals surface area contributed by atoms with E-state index < -0.39 is 0 Å². The summed E-state index contributed by atoms with van der Waals surface area (Å²) in [4.78, 5) is 6.82. The minimum atomic E-state index is 0.219. The van der Waals surface area contributed by atoms with Gasteiger partial charge in [-0.2, -0.15) is 4.98 Å². The molecule has 1 aromatic carbocycles. The molecule has 1 fully saturated rings. The van der Waals surface area contributed by atoms with Crippen LogP contribution in [0.25, 0.3) is 0 Å². The molecule has 0 amide bonds. The molecule has 1 unspecified atom stereocenters. The third kappa shape index (κ3) is 3.32. The SMILES string of the molecule is CC(C)c1noc(CN2CCNCC2c2ccccc2Cl)n1. The number of nitrogens with one attached hydrogen (secondary N) is 1. The van der Waals surface area contributed by atoms with Crippen LogP contribution in [-0.4, -0.2) is 34.7 Å². The summed E-state index contributed by atoms with van der Waals surface area (Å²) in [6, 6.07) is 8.22. The average molecular weight is 321 g/mol. The average Bonchev–Trinajstić information content (AvgIpc) is 2.97. The fourth-order valence-electron chi connectivity index (χ4n) is 2.73. The maximum absolute atomic E-state index is 6.37. The van der Waals surface area contributed by atoms with E-state index >= 15 is 0 Å². The molecule has 1 saturated heterocycles. The van der Waals surface area contributed by atoms with Gasteiger partial charge in [-0.1, -0.05) is 48.8 Å². The molecule has 118 valence electrons. The molecule has 0 spiro atoms. The van der Waals surface area contributed by atoms with E-state index in [4.69, 9.17) is 16.1 Å². The van der Waals surface area contributed by atoms with Gasteiger partial charge in [-0.25, -0.2) is 0 Å². The molecule has 2 aromatic rings. The van der Waals surface area contributed by atoms with Gasteiger partial charge in [0.25, 0.3) is 0 Å². The third-order valence-corrected chi connectivity index (χ3v) is 4.30. The number of rotatable bonds is 4. The summed E-state index contributed by atoms with van der Waals surface area (Å²) in [6.07, 6.45) is 0. The predicted molar refractivity (Wildman–Crippen MR) is 85.9 cm³/mol. The van der Waals surface area contributed by atoms with Crippen molar-refractivity contribution in [3.63, 3.8) is 0 Å². The number of halogens is 1. The first-order valence-corrected chi connectivity index (χ1v) is 8.04. The van der Waals surface area contributed by atoms with E-state index in [1.165, 1.54) is 0 Å². The summed E-state index contributed by atoms with van der Waals surface area (Å²) >= 11 is 6.37. The molecule has 1 atom stereocenters. The molecule has 0 aliphatic carbocycles. The lowest BCUT2D eigenvalue weighted by atomic mass is 10.0. The first kappa shape index (κ1) is 15.5. The van der Waals surface area contributed by atoms with Gasteiger partial charge in [0.1, 0.15) is 0 Å². The van der Waals surface area contributed by atoms with Crippen molar-refractivity contribution in [2.45, 2.75) is 32.4 Å². The van der Waals surface area contributed by atoms with Crippen LogP contribution in [0.4, 0.5) is 0 Å². The van der Waals surface area contributed by atoms with E-state index in [9.17, 15) is 0 Å². The Morgan fingerprint density at radius 3 is 2.95 bits per heavy atom. The number of aromatic nitrogens is 2. The molecular formula is C16H21ClN4O. The van der Waals surface area contributed by atoms with Crippen molar-refractivity contribution in [2.24, 2.45) is 0 Å². The molecule has 3 rings (SSSR count). The van der Waals surface area contributed by atoms with Gasteiger partial charge >= 0.3 is 0 Å². The summed E-state index contributed by atoms with van der Waals surface area (Å²) in [6.45, 7) is 7.52. The van der Waals surface area contributed by atoms with Crippen molar-refractivity contribution in [1.82, 2.24) is 20.4 Å².